The molecule has 0 radical (unpaired) electrons. The molecule has 5 heteroatoms. The fraction of sp³-hybridized carbons (Fsp3) is 0.235. The van der Waals surface area contributed by atoms with E-state index < -0.39 is 0 Å². The van der Waals surface area contributed by atoms with Crippen molar-refractivity contribution < 1.29 is 9.53 Å². The third-order valence-corrected chi connectivity index (χ3v) is 3.66. The summed E-state index contributed by atoms with van der Waals surface area (Å²) in [6, 6.07) is 12.9. The fourth-order valence-corrected chi connectivity index (χ4v) is 2.35. The summed E-state index contributed by atoms with van der Waals surface area (Å²) in [6.45, 7) is 3.03. The Morgan fingerprint density at radius 3 is 2.73 bits per heavy atom. The van der Waals surface area contributed by atoms with E-state index in [2.05, 4.69) is 4.98 Å². The van der Waals surface area contributed by atoms with Crippen LogP contribution in [0.25, 0.3) is 0 Å². The summed E-state index contributed by atoms with van der Waals surface area (Å²) >= 11 is 0. The summed E-state index contributed by atoms with van der Waals surface area (Å²) < 4.78 is 5.68. The highest BCUT2D eigenvalue weighted by molar-refractivity contribution is 5.96. The molecule has 1 amide bonds. The number of likely N-dealkylation sites (tertiary alicyclic amines) is 1. The van der Waals surface area contributed by atoms with Crippen LogP contribution in [0.5, 0.6) is 5.88 Å². The molecular formula is C17H15N3O2. The molecule has 0 unspecified atom stereocenters. The third kappa shape index (κ3) is 2.77. The Morgan fingerprint density at radius 2 is 2.09 bits per heavy atom. The number of pyridine rings is 1. The maximum absolute atomic E-state index is 12.3. The Balaban J connectivity index is 1.57. The molecule has 3 rings (SSSR count). The van der Waals surface area contributed by atoms with Gasteiger partial charge in [-0.05, 0) is 24.6 Å². The van der Waals surface area contributed by atoms with E-state index in [1.807, 2.05) is 37.3 Å². The zero-order valence-corrected chi connectivity index (χ0v) is 12.2. The van der Waals surface area contributed by atoms with Crippen molar-refractivity contribution in [1.82, 2.24) is 9.88 Å². The minimum absolute atomic E-state index is 0.0331. The summed E-state index contributed by atoms with van der Waals surface area (Å²) in [5.74, 6) is 0.512. The van der Waals surface area contributed by atoms with Crippen molar-refractivity contribution in [2.75, 3.05) is 13.1 Å². The molecule has 22 heavy (non-hydrogen) atoms. The molecule has 0 aliphatic carbocycles. The smallest absolute Gasteiger partial charge is 0.254 e. The number of amides is 1. The van der Waals surface area contributed by atoms with Gasteiger partial charge >= 0.3 is 0 Å². The number of hydrogen-bond acceptors (Lipinski definition) is 4. The Labute approximate surface area is 128 Å². The van der Waals surface area contributed by atoms with Gasteiger partial charge in [-0.3, -0.25) is 4.79 Å². The first kappa shape index (κ1) is 14.1. The topological polar surface area (TPSA) is 66.2 Å². The molecule has 0 saturated carbocycles. The van der Waals surface area contributed by atoms with E-state index in [0.717, 1.165) is 11.1 Å². The van der Waals surface area contributed by atoms with Gasteiger partial charge in [-0.2, -0.15) is 5.26 Å². The van der Waals surface area contributed by atoms with Crippen LogP contribution in [0.4, 0.5) is 0 Å². The molecule has 1 aromatic heterocycles. The van der Waals surface area contributed by atoms with Crippen LogP contribution in [-0.4, -0.2) is 35.0 Å². The quantitative estimate of drug-likeness (QED) is 0.870. The number of carbonyl (C=O) groups is 1. The van der Waals surface area contributed by atoms with Crippen molar-refractivity contribution in [2.24, 2.45) is 0 Å². The largest absolute Gasteiger partial charge is 0.471 e. The van der Waals surface area contributed by atoms with Gasteiger partial charge < -0.3 is 9.64 Å². The molecule has 1 aromatic carbocycles. The predicted molar refractivity (Wildman–Crippen MR) is 80.5 cm³/mol. The van der Waals surface area contributed by atoms with Gasteiger partial charge in [0.25, 0.3) is 5.91 Å². The lowest BCUT2D eigenvalue weighted by atomic mass is 10.0. The normalized spacial score (nSPS) is 14.1. The van der Waals surface area contributed by atoms with Crippen LogP contribution >= 0.6 is 0 Å². The second-order valence-electron chi connectivity index (χ2n) is 5.26. The highest BCUT2D eigenvalue weighted by Crippen LogP contribution is 2.20. The van der Waals surface area contributed by atoms with Gasteiger partial charge in [0.1, 0.15) is 12.2 Å². The van der Waals surface area contributed by atoms with Crippen LogP contribution in [0.2, 0.25) is 0 Å². The molecule has 5 nitrogen and oxygen atoms in total. The molecular weight excluding hydrogens is 278 g/mol. The van der Waals surface area contributed by atoms with E-state index in [9.17, 15) is 4.79 Å². The van der Waals surface area contributed by atoms with Crippen molar-refractivity contribution in [3.05, 3.63) is 59.3 Å². The number of nitrogens with zero attached hydrogens (tertiary/aromatic N) is 3. The minimum atomic E-state index is -0.0478. The lowest BCUT2D eigenvalue weighted by Gasteiger charge is -2.38. The van der Waals surface area contributed by atoms with Gasteiger partial charge in [-0.15, -0.1) is 0 Å². The average Bonchev–Trinajstić information content (AvgIpc) is 2.51. The lowest BCUT2D eigenvalue weighted by Crippen LogP contribution is -2.56. The molecule has 0 N–H and O–H groups in total. The number of nitriles is 1. The van der Waals surface area contributed by atoms with Gasteiger partial charge in [0.2, 0.25) is 5.88 Å². The van der Waals surface area contributed by atoms with E-state index >= 15 is 0 Å². The highest BCUT2D eigenvalue weighted by atomic mass is 16.5. The summed E-state index contributed by atoms with van der Waals surface area (Å²) in [5, 5.41) is 8.72. The van der Waals surface area contributed by atoms with Crippen LogP contribution in [0.15, 0.2) is 42.6 Å². The summed E-state index contributed by atoms with van der Waals surface area (Å²) in [6.07, 6.45) is 1.43. The molecule has 2 aromatic rings. The number of rotatable bonds is 3. The van der Waals surface area contributed by atoms with Gasteiger partial charge in [-0.25, -0.2) is 4.98 Å². The first-order valence-electron chi connectivity index (χ1n) is 7.05. The number of ether oxygens (including phenoxy) is 1. The number of benzene rings is 1. The standard InChI is InChI=1S/C17H15N3O2/c1-12-4-2-3-5-15(12)17(21)20-10-14(11-20)22-16-7-6-13(8-18)9-19-16/h2-7,9,14H,10-11H2,1H3. The molecule has 0 bridgehead atoms. The number of aryl methyl sites for hydroxylation is 1. The third-order valence-electron chi connectivity index (χ3n) is 3.66. The molecule has 0 atom stereocenters. The molecule has 110 valence electrons. The van der Waals surface area contributed by atoms with Gasteiger partial charge in [0, 0.05) is 17.8 Å². The monoisotopic (exact) mass is 293 g/mol. The van der Waals surface area contributed by atoms with Crippen molar-refractivity contribution in [2.45, 2.75) is 13.0 Å². The lowest BCUT2D eigenvalue weighted by molar-refractivity contribution is 0.0159. The number of carbonyl (C=O) groups excluding carboxylic acids is 1. The summed E-state index contributed by atoms with van der Waals surface area (Å²) in [4.78, 5) is 18.2. The predicted octanol–water partition coefficient (Wildman–Crippen LogP) is 2.17. The molecule has 1 fully saturated rings. The summed E-state index contributed by atoms with van der Waals surface area (Å²) in [5.41, 5.74) is 2.21. The number of hydrogen-bond donors (Lipinski definition) is 0. The second-order valence-corrected chi connectivity index (χ2v) is 5.26. The van der Waals surface area contributed by atoms with Crippen LogP contribution in [-0.2, 0) is 0 Å². The van der Waals surface area contributed by atoms with Crippen LogP contribution in [0.3, 0.4) is 0 Å². The van der Waals surface area contributed by atoms with Gasteiger partial charge in [0.15, 0.2) is 0 Å². The molecule has 2 heterocycles. The maximum Gasteiger partial charge on any atom is 0.254 e. The molecule has 1 aliphatic rings. The van der Waals surface area contributed by atoms with E-state index in [-0.39, 0.29) is 12.0 Å². The SMILES string of the molecule is Cc1ccccc1C(=O)N1CC(Oc2ccc(C#N)cn2)C1. The van der Waals surface area contributed by atoms with Crippen molar-refractivity contribution in [1.29, 1.82) is 5.26 Å². The highest BCUT2D eigenvalue weighted by Gasteiger charge is 2.33. The zero-order valence-electron chi connectivity index (χ0n) is 12.2. The summed E-state index contributed by atoms with van der Waals surface area (Å²) in [7, 11) is 0. The average molecular weight is 293 g/mol. The molecule has 0 spiro atoms. The Kier molecular flexibility index (Phi) is 3.75. The fourth-order valence-electron chi connectivity index (χ4n) is 2.35. The maximum atomic E-state index is 12.3. The Morgan fingerprint density at radius 1 is 1.32 bits per heavy atom. The molecule has 1 saturated heterocycles. The van der Waals surface area contributed by atoms with E-state index in [1.54, 1.807) is 17.0 Å². The molecule has 1 aliphatic heterocycles. The van der Waals surface area contributed by atoms with Crippen LogP contribution in [0.1, 0.15) is 21.5 Å². The Hall–Kier alpha value is -2.87. The zero-order chi connectivity index (χ0) is 15.5. The Bertz CT molecular complexity index is 728. The first-order chi connectivity index (χ1) is 10.7. The minimum Gasteiger partial charge on any atom is -0.471 e. The van der Waals surface area contributed by atoms with Crippen LogP contribution in [0, 0.1) is 18.3 Å². The van der Waals surface area contributed by atoms with Gasteiger partial charge in [0.05, 0.1) is 18.7 Å². The van der Waals surface area contributed by atoms with Gasteiger partial charge in [-0.1, -0.05) is 18.2 Å². The van der Waals surface area contributed by atoms with Crippen LogP contribution < -0.4 is 4.74 Å². The first-order valence-corrected chi connectivity index (χ1v) is 7.05. The second kappa shape index (κ2) is 5.86. The van der Waals surface area contributed by atoms with E-state index in [0.29, 0.717) is 24.5 Å². The van der Waals surface area contributed by atoms with Crippen molar-refractivity contribution in [3.8, 4) is 11.9 Å². The van der Waals surface area contributed by atoms with E-state index in [1.165, 1.54) is 6.20 Å². The number of aromatic nitrogens is 1. The van der Waals surface area contributed by atoms with E-state index in [4.69, 9.17) is 10.00 Å². The van der Waals surface area contributed by atoms with Crippen molar-refractivity contribution in [3.63, 3.8) is 0 Å². The van der Waals surface area contributed by atoms with Crippen molar-refractivity contribution >= 4 is 5.91 Å².